The minimum Gasteiger partial charge on any atom is -0.380 e. The van der Waals surface area contributed by atoms with Crippen LogP contribution in [0.4, 0.5) is 5.69 Å². The largest absolute Gasteiger partial charge is 0.380 e. The van der Waals surface area contributed by atoms with Crippen molar-refractivity contribution in [3.8, 4) is 0 Å². The van der Waals surface area contributed by atoms with Gasteiger partial charge in [0.1, 0.15) is 0 Å². The van der Waals surface area contributed by atoms with E-state index >= 15 is 0 Å². The molecule has 1 N–H and O–H groups in total. The van der Waals surface area contributed by atoms with Gasteiger partial charge in [0.05, 0.1) is 22.3 Å². The monoisotopic (exact) mass is 307 g/mol. The van der Waals surface area contributed by atoms with Crippen molar-refractivity contribution in [2.45, 2.75) is 37.8 Å². The van der Waals surface area contributed by atoms with Crippen molar-refractivity contribution in [3.63, 3.8) is 0 Å². The molecule has 0 aliphatic carbocycles. The molecule has 0 amide bonds. The smallest absolute Gasteiger partial charge is 0.177 e. The fraction of sp³-hybridized carbons (Fsp3) is 0.400. The van der Waals surface area contributed by atoms with Gasteiger partial charge in [0.25, 0.3) is 0 Å². The van der Waals surface area contributed by atoms with E-state index in [-0.39, 0.29) is 5.54 Å². The Morgan fingerprint density at radius 1 is 1.24 bits per heavy atom. The zero-order valence-electron chi connectivity index (χ0n) is 12.8. The highest BCUT2D eigenvalue weighted by Crippen LogP contribution is 2.21. The van der Waals surface area contributed by atoms with E-state index in [0.717, 1.165) is 5.56 Å². The van der Waals surface area contributed by atoms with Crippen LogP contribution in [0.3, 0.4) is 0 Å². The first kappa shape index (κ1) is 15.6. The second kappa shape index (κ2) is 5.52. The average Bonchev–Trinajstić information content (AvgIpc) is 2.84. The highest BCUT2D eigenvalue weighted by atomic mass is 32.2. The van der Waals surface area contributed by atoms with Crippen molar-refractivity contribution in [1.82, 2.24) is 9.78 Å². The highest BCUT2D eigenvalue weighted by Gasteiger charge is 2.15. The first-order valence-corrected chi connectivity index (χ1v) is 8.64. The zero-order chi connectivity index (χ0) is 15.7. The minimum absolute atomic E-state index is 0.0666. The maximum absolute atomic E-state index is 11.7. The Kier molecular flexibility index (Phi) is 4.09. The molecule has 0 unspecified atom stereocenters. The first-order chi connectivity index (χ1) is 9.68. The predicted molar refractivity (Wildman–Crippen MR) is 84.1 cm³/mol. The van der Waals surface area contributed by atoms with Crippen LogP contribution < -0.4 is 5.32 Å². The van der Waals surface area contributed by atoms with Gasteiger partial charge in [-0.05, 0) is 32.9 Å². The van der Waals surface area contributed by atoms with Gasteiger partial charge in [-0.2, -0.15) is 5.10 Å². The Balaban J connectivity index is 2.16. The number of para-hydroxylation sites is 1. The van der Waals surface area contributed by atoms with E-state index in [9.17, 15) is 8.42 Å². The van der Waals surface area contributed by atoms with Gasteiger partial charge in [0, 0.05) is 24.6 Å². The van der Waals surface area contributed by atoms with Crippen LogP contribution >= 0.6 is 0 Å². The molecule has 114 valence electrons. The zero-order valence-corrected chi connectivity index (χ0v) is 13.6. The van der Waals surface area contributed by atoms with Crippen molar-refractivity contribution in [2.75, 3.05) is 11.6 Å². The third-order valence-electron chi connectivity index (χ3n) is 3.09. The molecule has 0 radical (unpaired) electrons. The van der Waals surface area contributed by atoms with Crippen LogP contribution in [0.1, 0.15) is 26.3 Å². The molecule has 0 fully saturated rings. The first-order valence-electron chi connectivity index (χ1n) is 6.75. The Labute approximate surface area is 125 Å². The summed E-state index contributed by atoms with van der Waals surface area (Å²) in [5.41, 5.74) is 1.56. The number of nitrogens with one attached hydrogen (secondary N) is 1. The molecule has 1 heterocycles. The molecule has 0 saturated carbocycles. The summed E-state index contributed by atoms with van der Waals surface area (Å²) < 4.78 is 25.4. The summed E-state index contributed by atoms with van der Waals surface area (Å²) in [5.74, 6) is 0. The molecule has 0 spiro atoms. The van der Waals surface area contributed by atoms with Gasteiger partial charge in [-0.15, -0.1) is 0 Å². The van der Waals surface area contributed by atoms with Crippen molar-refractivity contribution in [1.29, 1.82) is 0 Å². The number of benzene rings is 1. The highest BCUT2D eigenvalue weighted by molar-refractivity contribution is 7.90. The van der Waals surface area contributed by atoms with E-state index in [1.807, 2.05) is 16.9 Å². The summed E-state index contributed by atoms with van der Waals surface area (Å²) in [5, 5.41) is 7.50. The molecule has 0 saturated heterocycles. The van der Waals surface area contributed by atoms with E-state index in [1.165, 1.54) is 6.26 Å². The molecular weight excluding hydrogens is 286 g/mol. The van der Waals surface area contributed by atoms with Gasteiger partial charge >= 0.3 is 0 Å². The van der Waals surface area contributed by atoms with Gasteiger partial charge in [0.15, 0.2) is 9.84 Å². The van der Waals surface area contributed by atoms with Crippen molar-refractivity contribution < 1.29 is 8.42 Å². The van der Waals surface area contributed by atoms with E-state index in [4.69, 9.17) is 0 Å². The van der Waals surface area contributed by atoms with E-state index in [1.54, 1.807) is 24.4 Å². The van der Waals surface area contributed by atoms with Crippen molar-refractivity contribution in [2.24, 2.45) is 0 Å². The average molecular weight is 307 g/mol. The lowest BCUT2D eigenvalue weighted by Gasteiger charge is -2.18. The Bertz CT molecular complexity index is 727. The number of hydrogen-bond acceptors (Lipinski definition) is 4. The van der Waals surface area contributed by atoms with Gasteiger partial charge < -0.3 is 5.32 Å². The van der Waals surface area contributed by atoms with E-state index in [0.29, 0.717) is 17.1 Å². The van der Waals surface area contributed by atoms with Gasteiger partial charge in [-0.1, -0.05) is 12.1 Å². The maximum Gasteiger partial charge on any atom is 0.177 e. The molecular formula is C15H21N3O2S. The molecule has 0 atom stereocenters. The number of hydrogen-bond donors (Lipinski definition) is 1. The molecule has 5 nitrogen and oxygen atoms in total. The van der Waals surface area contributed by atoms with E-state index < -0.39 is 9.84 Å². The molecule has 0 aliphatic rings. The third kappa shape index (κ3) is 3.85. The lowest BCUT2D eigenvalue weighted by Crippen LogP contribution is -2.22. The van der Waals surface area contributed by atoms with Crippen molar-refractivity contribution in [3.05, 3.63) is 42.2 Å². The van der Waals surface area contributed by atoms with Crippen molar-refractivity contribution >= 4 is 15.5 Å². The summed E-state index contributed by atoms with van der Waals surface area (Å²) >= 11 is 0. The second-order valence-electron chi connectivity index (χ2n) is 6.09. The summed E-state index contributed by atoms with van der Waals surface area (Å²) in [7, 11) is -3.24. The number of anilines is 1. The molecule has 1 aromatic carbocycles. The minimum atomic E-state index is -3.24. The summed E-state index contributed by atoms with van der Waals surface area (Å²) in [6, 6.07) is 6.91. The molecule has 0 aliphatic heterocycles. The van der Waals surface area contributed by atoms with Gasteiger partial charge in [-0.25, -0.2) is 8.42 Å². The quantitative estimate of drug-likeness (QED) is 0.943. The standard InChI is InChI=1S/C15H21N3O2S/c1-15(2,3)18-11-12(10-17-18)9-16-13-7-5-6-8-14(13)21(4,19)20/h5-8,10-11,16H,9H2,1-4H3. The van der Waals surface area contributed by atoms with Gasteiger partial charge in [0.2, 0.25) is 0 Å². The fourth-order valence-electron chi connectivity index (χ4n) is 1.95. The van der Waals surface area contributed by atoms with Crippen LogP contribution in [-0.2, 0) is 21.9 Å². The van der Waals surface area contributed by atoms with Crippen LogP contribution in [0, 0.1) is 0 Å². The van der Waals surface area contributed by atoms with Crippen LogP contribution in [0.5, 0.6) is 0 Å². The SMILES string of the molecule is CC(C)(C)n1cc(CNc2ccccc2S(C)(=O)=O)cn1. The van der Waals surface area contributed by atoms with Crippen LogP contribution in [0.25, 0.3) is 0 Å². The maximum atomic E-state index is 11.7. The lowest BCUT2D eigenvalue weighted by atomic mass is 10.1. The number of nitrogens with zero attached hydrogens (tertiary/aromatic N) is 2. The predicted octanol–water partition coefficient (Wildman–Crippen LogP) is 2.65. The topological polar surface area (TPSA) is 64.0 Å². The molecule has 2 rings (SSSR count). The molecule has 1 aromatic heterocycles. The molecule has 0 bridgehead atoms. The second-order valence-corrected chi connectivity index (χ2v) is 8.07. The van der Waals surface area contributed by atoms with Crippen LogP contribution in [0.15, 0.2) is 41.6 Å². The Hall–Kier alpha value is -1.82. The van der Waals surface area contributed by atoms with Gasteiger partial charge in [-0.3, -0.25) is 4.68 Å². The number of rotatable bonds is 4. The van der Waals surface area contributed by atoms with Crippen LogP contribution in [0.2, 0.25) is 0 Å². The Morgan fingerprint density at radius 3 is 2.48 bits per heavy atom. The molecule has 6 heteroatoms. The summed E-state index contributed by atoms with van der Waals surface area (Å²) in [4.78, 5) is 0.313. The lowest BCUT2D eigenvalue weighted by molar-refractivity contribution is 0.355. The third-order valence-corrected chi connectivity index (χ3v) is 4.25. The summed E-state index contributed by atoms with van der Waals surface area (Å²) in [6.07, 6.45) is 4.97. The van der Waals surface area contributed by atoms with Crippen LogP contribution in [-0.4, -0.2) is 24.5 Å². The number of aromatic nitrogens is 2. The summed E-state index contributed by atoms with van der Waals surface area (Å²) in [6.45, 7) is 6.77. The number of sulfone groups is 1. The normalized spacial score (nSPS) is 12.4. The molecule has 21 heavy (non-hydrogen) atoms. The fourth-order valence-corrected chi connectivity index (χ4v) is 2.82. The Morgan fingerprint density at radius 2 is 1.90 bits per heavy atom. The molecule has 2 aromatic rings. The van der Waals surface area contributed by atoms with E-state index in [2.05, 4.69) is 31.2 Å².